The van der Waals surface area contributed by atoms with E-state index in [0.717, 1.165) is 29.2 Å². The van der Waals surface area contributed by atoms with Gasteiger partial charge in [-0.25, -0.2) is 4.98 Å². The number of rotatable bonds is 3. The molecule has 0 radical (unpaired) electrons. The Bertz CT molecular complexity index is 952. The number of pyridine rings is 1. The minimum absolute atomic E-state index is 0.114. The van der Waals surface area contributed by atoms with E-state index in [4.69, 9.17) is 11.6 Å². The van der Waals surface area contributed by atoms with Crippen molar-refractivity contribution >= 4 is 34.4 Å². The maximum absolute atomic E-state index is 6.41. The second-order valence-electron chi connectivity index (χ2n) is 6.00. The molecule has 1 aromatic carbocycles. The van der Waals surface area contributed by atoms with Crippen molar-refractivity contribution in [1.82, 2.24) is 9.55 Å². The standard InChI is InChI=1S/C20H18ClN3/c1-14(16-5-2-3-7-19(16)21)24-13-18(15-8-11-22-12-9-15)17-6-4-10-23-20(17)24/h2-8,10,12-14H,9,11H2,1H3. The quantitative estimate of drug-likeness (QED) is 0.650. The Morgan fingerprint density at radius 2 is 2.04 bits per heavy atom. The number of fused-ring (bicyclic) bond motifs is 1. The van der Waals surface area contributed by atoms with Crippen molar-refractivity contribution in [2.75, 3.05) is 6.54 Å². The molecule has 0 saturated carbocycles. The van der Waals surface area contributed by atoms with Crippen molar-refractivity contribution in [3.63, 3.8) is 0 Å². The van der Waals surface area contributed by atoms with E-state index in [1.807, 2.05) is 36.7 Å². The smallest absolute Gasteiger partial charge is 0.141 e. The first-order valence-corrected chi connectivity index (χ1v) is 8.51. The van der Waals surface area contributed by atoms with E-state index in [1.54, 1.807) is 0 Å². The van der Waals surface area contributed by atoms with Gasteiger partial charge in [-0.2, -0.15) is 0 Å². The van der Waals surface area contributed by atoms with Crippen LogP contribution < -0.4 is 0 Å². The number of benzene rings is 1. The molecule has 0 bridgehead atoms. The molecular formula is C20H18ClN3. The minimum atomic E-state index is 0.114. The van der Waals surface area contributed by atoms with Crippen LogP contribution in [0.4, 0.5) is 0 Å². The van der Waals surface area contributed by atoms with Crippen molar-refractivity contribution in [2.24, 2.45) is 4.99 Å². The van der Waals surface area contributed by atoms with E-state index in [9.17, 15) is 0 Å². The molecule has 2 aromatic heterocycles. The zero-order valence-corrected chi connectivity index (χ0v) is 14.2. The predicted molar refractivity (Wildman–Crippen MR) is 101 cm³/mol. The molecule has 1 aliphatic rings. The van der Waals surface area contributed by atoms with Crippen LogP contribution in [0, 0.1) is 0 Å². The van der Waals surface area contributed by atoms with E-state index in [2.05, 4.69) is 45.9 Å². The maximum atomic E-state index is 6.41. The molecule has 1 aliphatic heterocycles. The highest BCUT2D eigenvalue weighted by Gasteiger charge is 2.18. The molecule has 0 fully saturated rings. The average molecular weight is 336 g/mol. The summed E-state index contributed by atoms with van der Waals surface area (Å²) in [6.45, 7) is 2.91. The Hall–Kier alpha value is -2.39. The topological polar surface area (TPSA) is 30.2 Å². The van der Waals surface area contributed by atoms with Gasteiger partial charge in [-0.15, -0.1) is 0 Å². The van der Waals surface area contributed by atoms with Gasteiger partial charge in [0.25, 0.3) is 0 Å². The van der Waals surface area contributed by atoms with Crippen LogP contribution in [-0.2, 0) is 0 Å². The zero-order chi connectivity index (χ0) is 16.5. The van der Waals surface area contributed by atoms with Crippen molar-refractivity contribution in [1.29, 1.82) is 0 Å². The molecule has 3 nitrogen and oxygen atoms in total. The van der Waals surface area contributed by atoms with Crippen molar-refractivity contribution in [3.05, 3.63) is 71.0 Å². The molecule has 4 heteroatoms. The van der Waals surface area contributed by atoms with E-state index >= 15 is 0 Å². The Labute approximate surface area is 146 Å². The van der Waals surface area contributed by atoms with Gasteiger partial charge in [0, 0.05) is 41.0 Å². The summed E-state index contributed by atoms with van der Waals surface area (Å²) in [7, 11) is 0. The number of nitrogens with zero attached hydrogens (tertiary/aromatic N) is 3. The number of hydrogen-bond acceptors (Lipinski definition) is 2. The normalized spacial score (nSPS) is 15.5. The van der Waals surface area contributed by atoms with Crippen LogP contribution in [0.5, 0.6) is 0 Å². The van der Waals surface area contributed by atoms with Crippen LogP contribution >= 0.6 is 11.6 Å². The van der Waals surface area contributed by atoms with Gasteiger partial charge >= 0.3 is 0 Å². The summed E-state index contributed by atoms with van der Waals surface area (Å²) in [5.41, 5.74) is 4.65. The number of hydrogen-bond donors (Lipinski definition) is 0. The van der Waals surface area contributed by atoms with Gasteiger partial charge in [-0.3, -0.25) is 4.99 Å². The van der Waals surface area contributed by atoms with Gasteiger partial charge in [-0.05, 0) is 36.3 Å². The van der Waals surface area contributed by atoms with Crippen LogP contribution in [0.25, 0.3) is 16.6 Å². The lowest BCUT2D eigenvalue weighted by atomic mass is 10.0. The van der Waals surface area contributed by atoms with Gasteiger partial charge < -0.3 is 4.57 Å². The van der Waals surface area contributed by atoms with Gasteiger partial charge in [-0.1, -0.05) is 35.9 Å². The second kappa shape index (κ2) is 6.25. The summed E-state index contributed by atoms with van der Waals surface area (Å²) < 4.78 is 2.22. The third-order valence-corrected chi connectivity index (χ3v) is 4.94. The molecule has 1 unspecified atom stereocenters. The maximum Gasteiger partial charge on any atom is 0.141 e. The molecule has 0 N–H and O–H groups in total. The fourth-order valence-corrected chi connectivity index (χ4v) is 3.59. The molecular weight excluding hydrogens is 318 g/mol. The fourth-order valence-electron chi connectivity index (χ4n) is 3.30. The molecule has 0 aliphatic carbocycles. The third kappa shape index (κ3) is 2.55. The van der Waals surface area contributed by atoms with Gasteiger partial charge in [0.05, 0.1) is 12.6 Å². The Balaban J connectivity index is 1.87. The summed E-state index contributed by atoms with van der Waals surface area (Å²) in [5.74, 6) is 0. The number of dihydropyridines is 1. The molecule has 120 valence electrons. The second-order valence-corrected chi connectivity index (χ2v) is 6.41. The van der Waals surface area contributed by atoms with Crippen LogP contribution in [0.3, 0.4) is 0 Å². The summed E-state index contributed by atoms with van der Waals surface area (Å²) in [4.78, 5) is 8.92. The lowest BCUT2D eigenvalue weighted by Gasteiger charge is -2.16. The van der Waals surface area contributed by atoms with Crippen molar-refractivity contribution in [3.8, 4) is 0 Å². The van der Waals surface area contributed by atoms with Crippen LogP contribution in [0.2, 0.25) is 5.02 Å². The monoisotopic (exact) mass is 335 g/mol. The summed E-state index contributed by atoms with van der Waals surface area (Å²) in [6, 6.07) is 12.2. The first-order valence-electron chi connectivity index (χ1n) is 8.13. The first kappa shape index (κ1) is 15.2. The Morgan fingerprint density at radius 3 is 2.83 bits per heavy atom. The van der Waals surface area contributed by atoms with Crippen molar-refractivity contribution < 1.29 is 0 Å². The summed E-state index contributed by atoms with van der Waals surface area (Å²) in [5, 5.41) is 1.96. The molecule has 1 atom stereocenters. The molecule has 3 heterocycles. The van der Waals surface area contributed by atoms with Gasteiger partial charge in [0.1, 0.15) is 5.65 Å². The zero-order valence-electron chi connectivity index (χ0n) is 13.5. The largest absolute Gasteiger partial charge is 0.325 e. The molecule has 0 amide bonds. The number of halogens is 1. The van der Waals surface area contributed by atoms with Crippen LogP contribution in [0.15, 0.2) is 59.9 Å². The number of allylic oxidation sites excluding steroid dienone is 1. The number of aliphatic imine (C=N–C) groups is 1. The van der Waals surface area contributed by atoms with E-state index in [1.165, 1.54) is 16.5 Å². The van der Waals surface area contributed by atoms with Crippen molar-refractivity contribution in [2.45, 2.75) is 19.4 Å². The highest BCUT2D eigenvalue weighted by atomic mass is 35.5. The highest BCUT2D eigenvalue weighted by Crippen LogP contribution is 2.34. The lowest BCUT2D eigenvalue weighted by molar-refractivity contribution is 0.658. The summed E-state index contributed by atoms with van der Waals surface area (Å²) >= 11 is 6.41. The third-order valence-electron chi connectivity index (χ3n) is 4.59. The Kier molecular flexibility index (Phi) is 3.95. The van der Waals surface area contributed by atoms with Gasteiger partial charge in [0.15, 0.2) is 0 Å². The highest BCUT2D eigenvalue weighted by molar-refractivity contribution is 6.31. The SMILES string of the molecule is CC(c1ccccc1Cl)n1cc(C2=CCN=CC2)c2cccnc21. The summed E-state index contributed by atoms with van der Waals surface area (Å²) in [6.07, 6.45) is 9.11. The van der Waals surface area contributed by atoms with E-state index in [-0.39, 0.29) is 6.04 Å². The Morgan fingerprint density at radius 1 is 1.17 bits per heavy atom. The predicted octanol–water partition coefficient (Wildman–Crippen LogP) is 5.16. The molecule has 0 spiro atoms. The molecule has 3 aromatic rings. The lowest BCUT2D eigenvalue weighted by Crippen LogP contribution is -2.06. The van der Waals surface area contributed by atoms with E-state index < -0.39 is 0 Å². The van der Waals surface area contributed by atoms with Gasteiger partial charge in [0.2, 0.25) is 0 Å². The number of aromatic nitrogens is 2. The minimum Gasteiger partial charge on any atom is -0.325 e. The first-order chi connectivity index (χ1) is 11.8. The molecule has 24 heavy (non-hydrogen) atoms. The molecule has 0 saturated heterocycles. The van der Waals surface area contributed by atoms with E-state index in [0.29, 0.717) is 0 Å². The van der Waals surface area contributed by atoms with Crippen LogP contribution in [0.1, 0.15) is 30.5 Å². The van der Waals surface area contributed by atoms with Crippen LogP contribution in [-0.4, -0.2) is 22.3 Å². The molecule has 4 rings (SSSR count). The fraction of sp³-hybridized carbons (Fsp3) is 0.200. The average Bonchev–Trinajstić information content (AvgIpc) is 3.02.